The summed E-state index contributed by atoms with van der Waals surface area (Å²) < 4.78 is 0. The molecule has 96 valence electrons. The van der Waals surface area contributed by atoms with Gasteiger partial charge in [-0.3, -0.25) is 0 Å². The molecular formula is C11H26N4O. The van der Waals surface area contributed by atoms with Gasteiger partial charge in [-0.15, -0.1) is 0 Å². The number of rotatable bonds is 7. The molecule has 0 aromatic carbocycles. The van der Waals surface area contributed by atoms with E-state index in [2.05, 4.69) is 15.1 Å². The van der Waals surface area contributed by atoms with Gasteiger partial charge in [0.05, 0.1) is 0 Å². The fourth-order valence-corrected chi connectivity index (χ4v) is 1.22. The summed E-state index contributed by atoms with van der Waals surface area (Å²) in [6.07, 6.45) is 0. The first kappa shape index (κ1) is 15.2. The van der Waals surface area contributed by atoms with Crippen molar-refractivity contribution in [3.63, 3.8) is 0 Å². The van der Waals surface area contributed by atoms with Gasteiger partial charge < -0.3 is 20.0 Å². The molecule has 0 rings (SSSR count). The third kappa shape index (κ3) is 7.48. The molecule has 0 saturated carbocycles. The molecule has 0 aliphatic rings. The Labute approximate surface area is 99.4 Å². The zero-order valence-corrected chi connectivity index (χ0v) is 11.3. The van der Waals surface area contributed by atoms with E-state index in [9.17, 15) is 4.79 Å². The van der Waals surface area contributed by atoms with Crippen molar-refractivity contribution >= 4 is 6.03 Å². The highest BCUT2D eigenvalue weighted by Gasteiger charge is 2.12. The Morgan fingerprint density at radius 1 is 0.938 bits per heavy atom. The minimum absolute atomic E-state index is 0.0335. The van der Waals surface area contributed by atoms with Crippen LogP contribution in [0, 0.1) is 0 Å². The van der Waals surface area contributed by atoms with Crippen molar-refractivity contribution in [3.05, 3.63) is 0 Å². The number of hydrogen-bond donors (Lipinski definition) is 1. The standard InChI is InChI=1S/C11H26N4O/c1-6-12-11(16)15(9-7-13(2)3)10-8-14(4)5/h6-10H2,1-5H3,(H,12,16). The van der Waals surface area contributed by atoms with Crippen LogP contribution < -0.4 is 5.32 Å². The lowest BCUT2D eigenvalue weighted by Crippen LogP contribution is -2.45. The van der Waals surface area contributed by atoms with Gasteiger partial charge in [0.15, 0.2) is 0 Å². The molecule has 0 aliphatic heterocycles. The summed E-state index contributed by atoms with van der Waals surface area (Å²) in [6, 6.07) is 0.0335. The van der Waals surface area contributed by atoms with Crippen molar-refractivity contribution in [2.75, 3.05) is 60.9 Å². The van der Waals surface area contributed by atoms with Crippen molar-refractivity contribution in [3.8, 4) is 0 Å². The maximum atomic E-state index is 11.7. The molecule has 0 unspecified atom stereocenters. The van der Waals surface area contributed by atoms with Crippen LogP contribution in [0.15, 0.2) is 0 Å². The van der Waals surface area contributed by atoms with Gasteiger partial charge in [0.2, 0.25) is 0 Å². The summed E-state index contributed by atoms with van der Waals surface area (Å²) in [6.45, 7) is 5.95. The highest BCUT2D eigenvalue weighted by molar-refractivity contribution is 5.74. The molecule has 2 amide bonds. The second-order valence-corrected chi connectivity index (χ2v) is 4.43. The zero-order chi connectivity index (χ0) is 12.6. The number of amides is 2. The number of carbonyl (C=O) groups is 1. The van der Waals surface area contributed by atoms with Crippen LogP contribution in [0.5, 0.6) is 0 Å². The Kier molecular flexibility index (Phi) is 7.93. The van der Waals surface area contributed by atoms with Gasteiger partial charge in [0.25, 0.3) is 0 Å². The predicted molar refractivity (Wildman–Crippen MR) is 67.8 cm³/mol. The molecule has 5 heteroatoms. The SMILES string of the molecule is CCNC(=O)N(CCN(C)C)CCN(C)C. The van der Waals surface area contributed by atoms with Crippen LogP contribution in [0.1, 0.15) is 6.92 Å². The average Bonchev–Trinajstić information content (AvgIpc) is 2.17. The second-order valence-electron chi connectivity index (χ2n) is 4.43. The first-order chi connectivity index (χ1) is 7.47. The lowest BCUT2D eigenvalue weighted by Gasteiger charge is -2.25. The number of nitrogens with one attached hydrogen (secondary N) is 1. The third-order valence-electron chi connectivity index (χ3n) is 2.25. The molecule has 0 spiro atoms. The lowest BCUT2D eigenvalue weighted by molar-refractivity contribution is 0.186. The molecule has 0 bridgehead atoms. The van der Waals surface area contributed by atoms with E-state index in [-0.39, 0.29) is 6.03 Å². The first-order valence-electron chi connectivity index (χ1n) is 5.79. The largest absolute Gasteiger partial charge is 0.338 e. The van der Waals surface area contributed by atoms with Crippen LogP contribution in [0.2, 0.25) is 0 Å². The molecule has 0 aromatic rings. The normalized spacial score (nSPS) is 10.9. The molecule has 1 N–H and O–H groups in total. The van der Waals surface area contributed by atoms with Gasteiger partial charge >= 0.3 is 6.03 Å². The fourth-order valence-electron chi connectivity index (χ4n) is 1.22. The van der Waals surface area contributed by atoms with E-state index in [1.54, 1.807) is 0 Å². The topological polar surface area (TPSA) is 38.8 Å². The Hall–Kier alpha value is -0.810. The van der Waals surface area contributed by atoms with E-state index in [0.717, 1.165) is 26.2 Å². The molecule has 16 heavy (non-hydrogen) atoms. The van der Waals surface area contributed by atoms with Crippen LogP contribution in [-0.2, 0) is 0 Å². The summed E-state index contributed by atoms with van der Waals surface area (Å²) in [5, 5.41) is 2.84. The van der Waals surface area contributed by atoms with Crippen molar-refractivity contribution in [1.29, 1.82) is 0 Å². The molecule has 0 heterocycles. The van der Waals surface area contributed by atoms with Gasteiger partial charge in [-0.1, -0.05) is 0 Å². The van der Waals surface area contributed by atoms with Crippen LogP contribution in [0.25, 0.3) is 0 Å². The van der Waals surface area contributed by atoms with E-state index in [0.29, 0.717) is 6.54 Å². The Balaban J connectivity index is 4.09. The van der Waals surface area contributed by atoms with E-state index >= 15 is 0 Å². The van der Waals surface area contributed by atoms with Gasteiger partial charge in [0, 0.05) is 32.7 Å². The molecule has 0 fully saturated rings. The zero-order valence-electron chi connectivity index (χ0n) is 11.3. The summed E-state index contributed by atoms with van der Waals surface area (Å²) in [7, 11) is 8.06. The van der Waals surface area contributed by atoms with Crippen molar-refractivity contribution in [1.82, 2.24) is 20.0 Å². The average molecular weight is 230 g/mol. The molecule has 0 atom stereocenters. The van der Waals surface area contributed by atoms with Crippen LogP contribution >= 0.6 is 0 Å². The summed E-state index contributed by atoms with van der Waals surface area (Å²) in [5.41, 5.74) is 0. The van der Waals surface area contributed by atoms with Gasteiger partial charge in [-0.2, -0.15) is 0 Å². The highest BCUT2D eigenvalue weighted by Crippen LogP contribution is 1.92. The Morgan fingerprint density at radius 3 is 1.69 bits per heavy atom. The van der Waals surface area contributed by atoms with Crippen molar-refractivity contribution in [2.24, 2.45) is 0 Å². The van der Waals surface area contributed by atoms with Gasteiger partial charge in [-0.25, -0.2) is 4.79 Å². The quantitative estimate of drug-likeness (QED) is 0.676. The Bertz CT molecular complexity index is 182. The first-order valence-corrected chi connectivity index (χ1v) is 5.79. The van der Waals surface area contributed by atoms with E-state index in [4.69, 9.17) is 0 Å². The minimum atomic E-state index is 0.0335. The number of urea groups is 1. The molecule has 0 aliphatic carbocycles. The molecule has 0 saturated heterocycles. The molecule has 5 nitrogen and oxygen atoms in total. The number of carbonyl (C=O) groups excluding carboxylic acids is 1. The summed E-state index contributed by atoms with van der Waals surface area (Å²) in [5.74, 6) is 0. The van der Waals surface area contributed by atoms with Crippen LogP contribution in [0.3, 0.4) is 0 Å². The number of nitrogens with zero attached hydrogens (tertiary/aromatic N) is 3. The third-order valence-corrected chi connectivity index (χ3v) is 2.25. The van der Waals surface area contributed by atoms with Crippen LogP contribution in [0.4, 0.5) is 4.79 Å². The summed E-state index contributed by atoms with van der Waals surface area (Å²) in [4.78, 5) is 17.8. The minimum Gasteiger partial charge on any atom is -0.338 e. The maximum absolute atomic E-state index is 11.7. The van der Waals surface area contributed by atoms with E-state index in [1.165, 1.54) is 0 Å². The van der Waals surface area contributed by atoms with Crippen molar-refractivity contribution < 1.29 is 4.79 Å². The molecule has 0 aromatic heterocycles. The van der Waals surface area contributed by atoms with Gasteiger partial charge in [0.1, 0.15) is 0 Å². The predicted octanol–water partition coefficient (Wildman–Crippen LogP) is 0.141. The maximum Gasteiger partial charge on any atom is 0.317 e. The Morgan fingerprint density at radius 2 is 1.38 bits per heavy atom. The number of likely N-dealkylation sites (N-methyl/N-ethyl adjacent to an activating group) is 2. The number of hydrogen-bond acceptors (Lipinski definition) is 3. The van der Waals surface area contributed by atoms with E-state index < -0.39 is 0 Å². The molecule has 0 radical (unpaired) electrons. The van der Waals surface area contributed by atoms with Crippen LogP contribution in [-0.4, -0.2) is 81.6 Å². The monoisotopic (exact) mass is 230 g/mol. The lowest BCUT2D eigenvalue weighted by atomic mass is 10.4. The summed E-state index contributed by atoms with van der Waals surface area (Å²) >= 11 is 0. The van der Waals surface area contributed by atoms with Gasteiger partial charge in [-0.05, 0) is 35.1 Å². The second kappa shape index (κ2) is 8.35. The fraction of sp³-hybridized carbons (Fsp3) is 0.909. The smallest absolute Gasteiger partial charge is 0.317 e. The van der Waals surface area contributed by atoms with E-state index in [1.807, 2.05) is 40.0 Å². The highest BCUT2D eigenvalue weighted by atomic mass is 16.2. The molecular weight excluding hydrogens is 204 g/mol. The van der Waals surface area contributed by atoms with Crippen molar-refractivity contribution in [2.45, 2.75) is 6.92 Å².